The highest BCUT2D eigenvalue weighted by atomic mass is 16.4. The molecule has 15 heteroatoms. The molecule has 0 aromatic carbocycles. The molecule has 0 saturated heterocycles. The molecule has 0 radical (unpaired) electrons. The second-order valence-electron chi connectivity index (χ2n) is 6.54. The number of hydrogen-bond acceptors (Lipinski definition) is 8. The molecule has 0 rings (SSSR count). The minimum Gasteiger partial charge on any atom is -0.481 e. The second-order valence-corrected chi connectivity index (χ2v) is 6.54. The molecule has 3 amide bonds. The molecule has 31 heavy (non-hydrogen) atoms. The van der Waals surface area contributed by atoms with Crippen LogP contribution in [0.4, 0.5) is 0 Å². The Morgan fingerprint density at radius 3 is 1.87 bits per heavy atom. The molecule has 12 N–H and O–H groups in total. The molecular weight excluding hydrogens is 418 g/mol. The summed E-state index contributed by atoms with van der Waals surface area (Å²) in [5, 5.41) is 33.9. The van der Waals surface area contributed by atoms with Crippen molar-refractivity contribution in [2.75, 3.05) is 13.2 Å². The lowest BCUT2D eigenvalue weighted by Gasteiger charge is -2.23. The number of carboxylic acid groups (broad SMARTS) is 2. The van der Waals surface area contributed by atoms with E-state index >= 15 is 0 Å². The largest absolute Gasteiger partial charge is 0.481 e. The molecule has 0 saturated carbocycles. The minimum atomic E-state index is -1.60. The number of aliphatic hydroxyl groups is 1. The summed E-state index contributed by atoms with van der Waals surface area (Å²) in [5.41, 5.74) is 15.7. The summed E-state index contributed by atoms with van der Waals surface area (Å²) in [6.45, 7) is 0.519. The topological polar surface area (TPSA) is 273 Å². The summed E-state index contributed by atoms with van der Waals surface area (Å²) >= 11 is 0. The third kappa shape index (κ3) is 11.3. The lowest BCUT2D eigenvalue weighted by Crippen LogP contribution is -2.58. The number of carbonyl (C=O) groups is 5. The maximum atomic E-state index is 12.3. The van der Waals surface area contributed by atoms with E-state index in [4.69, 9.17) is 22.3 Å². The highest BCUT2D eigenvalue weighted by Gasteiger charge is 2.30. The highest BCUT2D eigenvalue weighted by molar-refractivity contribution is 5.95. The first-order valence-electron chi connectivity index (χ1n) is 9.16. The Morgan fingerprint density at radius 2 is 1.42 bits per heavy atom. The van der Waals surface area contributed by atoms with E-state index in [1.54, 1.807) is 0 Å². The first-order chi connectivity index (χ1) is 14.4. The Labute approximate surface area is 177 Å². The van der Waals surface area contributed by atoms with Crippen LogP contribution in [0, 0.1) is 0 Å². The van der Waals surface area contributed by atoms with Gasteiger partial charge < -0.3 is 48.5 Å². The fourth-order valence-electron chi connectivity index (χ4n) is 2.19. The Kier molecular flexibility index (Phi) is 12.2. The van der Waals surface area contributed by atoms with E-state index in [9.17, 15) is 34.2 Å². The standard InChI is InChI=1S/C16H29N7O8/c1-7(17)12(27)22-9(5-11(25)26)13(28)23-10(6-24)14(29)21-8(15(30)31)3-2-4-20-16(18)19/h7-10,24H,2-6,17H2,1H3,(H,21,29)(H,22,27)(H,23,28)(H,25,26)(H,30,31)(H4,18,19,20). The number of hydrogen-bond donors (Lipinski definition) is 9. The van der Waals surface area contributed by atoms with E-state index in [1.807, 2.05) is 0 Å². The summed E-state index contributed by atoms with van der Waals surface area (Å²) in [4.78, 5) is 62.3. The predicted octanol–water partition coefficient (Wildman–Crippen LogP) is -4.61. The quantitative estimate of drug-likeness (QED) is 0.0693. The molecule has 0 aromatic heterocycles. The van der Waals surface area contributed by atoms with Gasteiger partial charge in [-0.3, -0.25) is 24.2 Å². The van der Waals surface area contributed by atoms with Gasteiger partial charge in [0.05, 0.1) is 19.1 Å². The minimum absolute atomic E-state index is 0.0456. The van der Waals surface area contributed by atoms with Crippen LogP contribution in [0.2, 0.25) is 0 Å². The molecule has 0 aromatic rings. The maximum Gasteiger partial charge on any atom is 0.326 e. The number of aliphatic hydroxyl groups excluding tert-OH is 1. The molecule has 4 atom stereocenters. The maximum absolute atomic E-state index is 12.3. The third-order valence-corrected chi connectivity index (χ3v) is 3.80. The zero-order chi connectivity index (χ0) is 24.1. The number of aliphatic imine (C=N–C) groups is 1. The molecule has 0 aliphatic heterocycles. The van der Waals surface area contributed by atoms with Crippen molar-refractivity contribution in [2.24, 2.45) is 22.2 Å². The van der Waals surface area contributed by atoms with Gasteiger partial charge in [-0.25, -0.2) is 4.79 Å². The molecule has 0 fully saturated rings. The van der Waals surface area contributed by atoms with Crippen molar-refractivity contribution in [3.8, 4) is 0 Å². The first-order valence-corrected chi connectivity index (χ1v) is 9.16. The van der Waals surface area contributed by atoms with Crippen LogP contribution in [0.5, 0.6) is 0 Å². The summed E-state index contributed by atoms with van der Waals surface area (Å²) in [6.07, 6.45) is -0.641. The number of nitrogens with zero attached hydrogens (tertiary/aromatic N) is 1. The molecule has 176 valence electrons. The van der Waals surface area contributed by atoms with Crippen molar-refractivity contribution < 1.29 is 39.3 Å². The van der Waals surface area contributed by atoms with Gasteiger partial charge in [-0.2, -0.15) is 0 Å². The van der Waals surface area contributed by atoms with Gasteiger partial charge in [0.2, 0.25) is 17.7 Å². The van der Waals surface area contributed by atoms with Gasteiger partial charge in [0, 0.05) is 6.54 Å². The molecule has 0 aliphatic carbocycles. The monoisotopic (exact) mass is 447 g/mol. The molecule has 0 aliphatic rings. The van der Waals surface area contributed by atoms with E-state index < -0.39 is 66.9 Å². The van der Waals surface area contributed by atoms with Crippen molar-refractivity contribution in [1.82, 2.24) is 16.0 Å². The fraction of sp³-hybridized carbons (Fsp3) is 0.625. The summed E-state index contributed by atoms with van der Waals surface area (Å²) in [6, 6.07) is -5.57. The Hall–Kier alpha value is -3.46. The highest BCUT2D eigenvalue weighted by Crippen LogP contribution is 2.01. The molecule has 0 heterocycles. The van der Waals surface area contributed by atoms with E-state index in [-0.39, 0.29) is 25.3 Å². The van der Waals surface area contributed by atoms with Crippen molar-refractivity contribution >= 4 is 35.6 Å². The van der Waals surface area contributed by atoms with E-state index in [1.165, 1.54) is 6.92 Å². The number of carboxylic acids is 2. The van der Waals surface area contributed by atoms with Gasteiger partial charge in [0.1, 0.15) is 18.1 Å². The number of nitrogens with one attached hydrogen (secondary N) is 3. The Bertz CT molecular complexity index is 693. The van der Waals surface area contributed by atoms with Crippen LogP contribution in [0.15, 0.2) is 4.99 Å². The van der Waals surface area contributed by atoms with E-state index in [0.29, 0.717) is 0 Å². The zero-order valence-corrected chi connectivity index (χ0v) is 16.9. The average Bonchev–Trinajstić information content (AvgIpc) is 2.66. The van der Waals surface area contributed by atoms with Crippen LogP contribution >= 0.6 is 0 Å². The molecular formula is C16H29N7O8. The Balaban J connectivity index is 5.11. The Morgan fingerprint density at radius 1 is 0.903 bits per heavy atom. The normalized spacial score (nSPS) is 14.3. The number of guanidine groups is 1. The van der Waals surface area contributed by atoms with Gasteiger partial charge in [-0.05, 0) is 19.8 Å². The van der Waals surface area contributed by atoms with E-state index in [2.05, 4.69) is 20.9 Å². The summed E-state index contributed by atoms with van der Waals surface area (Å²) in [5.74, 6) is -5.87. The van der Waals surface area contributed by atoms with E-state index in [0.717, 1.165) is 0 Å². The van der Waals surface area contributed by atoms with Crippen LogP contribution in [-0.2, 0) is 24.0 Å². The fourth-order valence-corrected chi connectivity index (χ4v) is 2.19. The smallest absolute Gasteiger partial charge is 0.326 e. The van der Waals surface area contributed by atoms with Crippen LogP contribution in [0.25, 0.3) is 0 Å². The predicted molar refractivity (Wildman–Crippen MR) is 106 cm³/mol. The number of carbonyl (C=O) groups excluding carboxylic acids is 3. The second kappa shape index (κ2) is 13.7. The van der Waals surface area contributed by atoms with Crippen LogP contribution in [-0.4, -0.2) is 88.3 Å². The van der Waals surface area contributed by atoms with Crippen molar-refractivity contribution in [3.63, 3.8) is 0 Å². The van der Waals surface area contributed by atoms with Crippen molar-refractivity contribution in [1.29, 1.82) is 0 Å². The van der Waals surface area contributed by atoms with Crippen LogP contribution in [0.1, 0.15) is 26.2 Å². The lowest BCUT2D eigenvalue weighted by atomic mass is 10.1. The van der Waals surface area contributed by atoms with Crippen LogP contribution in [0.3, 0.4) is 0 Å². The summed E-state index contributed by atoms with van der Waals surface area (Å²) < 4.78 is 0. The van der Waals surface area contributed by atoms with Gasteiger partial charge >= 0.3 is 11.9 Å². The average molecular weight is 447 g/mol. The molecule has 15 nitrogen and oxygen atoms in total. The first kappa shape index (κ1) is 27.5. The van der Waals surface area contributed by atoms with Crippen molar-refractivity contribution in [2.45, 2.75) is 50.4 Å². The number of nitrogens with two attached hydrogens (primary N) is 3. The molecule has 4 unspecified atom stereocenters. The summed E-state index contributed by atoms with van der Waals surface area (Å²) in [7, 11) is 0. The van der Waals surface area contributed by atoms with Gasteiger partial charge in [0.25, 0.3) is 0 Å². The van der Waals surface area contributed by atoms with Gasteiger partial charge in [-0.15, -0.1) is 0 Å². The number of aliphatic carboxylic acids is 2. The SMILES string of the molecule is CC(N)C(=O)NC(CC(=O)O)C(=O)NC(CO)C(=O)NC(CCCN=C(N)N)C(=O)O. The number of rotatable bonds is 14. The number of amides is 3. The molecule has 0 spiro atoms. The van der Waals surface area contributed by atoms with Crippen LogP contribution < -0.4 is 33.2 Å². The lowest BCUT2D eigenvalue weighted by molar-refractivity contribution is -0.143. The van der Waals surface area contributed by atoms with Crippen molar-refractivity contribution in [3.05, 3.63) is 0 Å². The molecule has 0 bridgehead atoms. The third-order valence-electron chi connectivity index (χ3n) is 3.80. The van der Waals surface area contributed by atoms with Gasteiger partial charge in [0.15, 0.2) is 5.96 Å². The zero-order valence-electron chi connectivity index (χ0n) is 16.9. The van der Waals surface area contributed by atoms with Gasteiger partial charge in [-0.1, -0.05) is 0 Å².